The van der Waals surface area contributed by atoms with E-state index in [1.807, 2.05) is 166 Å². The molecule has 0 bridgehead atoms. The minimum atomic E-state index is 0. The van der Waals surface area contributed by atoms with Gasteiger partial charge >= 0.3 is 0 Å². The molecule has 0 spiro atoms. The molecule has 0 radical (unpaired) electrons. The second-order valence-electron chi connectivity index (χ2n) is 23.3. The van der Waals surface area contributed by atoms with Gasteiger partial charge in [-0.25, -0.2) is 0 Å². The molecule has 0 nitrogen and oxygen atoms in total. The monoisotopic (exact) mass is 1240 g/mol. The van der Waals surface area contributed by atoms with Crippen molar-refractivity contribution in [3.05, 3.63) is 0 Å². The number of rotatable bonds is 6. The minimum absolute atomic E-state index is 0. The van der Waals surface area contributed by atoms with Gasteiger partial charge < -0.3 is 0 Å². The van der Waals surface area contributed by atoms with Crippen LogP contribution in [-0.4, -0.2) is 0 Å². The van der Waals surface area contributed by atoms with Crippen LogP contribution in [0.3, 0.4) is 0 Å². The number of hydrogen-bond donors (Lipinski definition) is 0. The molecule has 85 heavy (non-hydrogen) atoms. The van der Waals surface area contributed by atoms with Crippen molar-refractivity contribution in [3.63, 3.8) is 0 Å². The summed E-state index contributed by atoms with van der Waals surface area (Å²) in [5.41, 5.74) is 0. The van der Waals surface area contributed by atoms with Crippen LogP contribution in [0.15, 0.2) is 0 Å². The lowest BCUT2D eigenvalue weighted by Crippen LogP contribution is -2.06. The number of hydrogen-bond acceptors (Lipinski definition) is 0. The zero-order chi connectivity index (χ0) is 68.1. The van der Waals surface area contributed by atoms with Gasteiger partial charge in [0.15, 0.2) is 0 Å². The highest BCUT2D eigenvalue weighted by Gasteiger charge is 2.25. The molecule has 0 aromatic rings. The molecule has 3 rings (SSSR count). The molecule has 0 saturated heterocycles. The van der Waals surface area contributed by atoms with Gasteiger partial charge in [0.2, 0.25) is 0 Å². The summed E-state index contributed by atoms with van der Waals surface area (Å²) in [6.45, 7) is 108. The molecule has 6 atom stereocenters. The van der Waals surface area contributed by atoms with Crippen molar-refractivity contribution in [2.45, 2.75) is 482 Å². The molecular weight excluding hydrogens is 1020 g/mol. The highest BCUT2D eigenvalue weighted by molar-refractivity contribution is 4.76. The molecule has 560 valence electrons. The Kier molecular flexibility index (Phi) is 349. The first kappa shape index (κ1) is 167. The quantitative estimate of drug-likeness (QED) is 0.249. The first-order valence-electron chi connectivity index (χ1n) is 36.5. The predicted octanol–water partition coefficient (Wildman–Crippen LogP) is 37.1. The molecule has 6 unspecified atom stereocenters. The first-order chi connectivity index (χ1) is 36.5. The maximum atomic E-state index is 2.42. The Hall–Kier alpha value is 0. The van der Waals surface area contributed by atoms with E-state index in [1.54, 1.807) is 0 Å². The van der Waals surface area contributed by atoms with Gasteiger partial charge in [-0.3, -0.25) is 0 Å². The van der Waals surface area contributed by atoms with Crippen LogP contribution in [0.5, 0.6) is 0 Å². The van der Waals surface area contributed by atoms with Crippen LogP contribution in [0.25, 0.3) is 0 Å². The normalized spacial score (nSPS) is 15.2. The van der Waals surface area contributed by atoms with Crippen molar-refractivity contribution in [1.29, 1.82) is 0 Å². The molecule has 3 aliphatic carbocycles. The summed E-state index contributed by atoms with van der Waals surface area (Å²) in [4.78, 5) is 0. The van der Waals surface area contributed by atoms with E-state index in [0.29, 0.717) is 0 Å². The lowest BCUT2D eigenvalue weighted by atomic mass is 9.89. The van der Waals surface area contributed by atoms with E-state index in [1.165, 1.54) is 77.0 Å². The van der Waals surface area contributed by atoms with Gasteiger partial charge in [0.1, 0.15) is 0 Å². The minimum Gasteiger partial charge on any atom is -0.0776 e. The SMILES string of the molecule is C.C.C.C.C.C.C.CC.CC.CC.CC.CC.CC.CC.CC.CC.CC.CC.CC.CC(C)C.CC(C)C.CC(C)C.CC(C)C.CC(C)C.CC(C)C.CC(C)CC1CCCC1C.CC(C)CC1CCCC1C.CC(C)CC1CCCC1C. The van der Waals surface area contributed by atoms with E-state index in [4.69, 9.17) is 0 Å². The van der Waals surface area contributed by atoms with E-state index in [-0.39, 0.29) is 52.0 Å². The van der Waals surface area contributed by atoms with Crippen molar-refractivity contribution < 1.29 is 0 Å². The van der Waals surface area contributed by atoms with Gasteiger partial charge in [0, 0.05) is 0 Å². The van der Waals surface area contributed by atoms with E-state index >= 15 is 0 Å². The van der Waals surface area contributed by atoms with E-state index in [9.17, 15) is 0 Å². The standard InChI is InChI=1S/3C10H20.6C4H10.12C2H6.7CH4/c3*1-8(2)7-10-6-4-5-9(10)3;6*1-4(2)3;12*1-2;;;;;;;/h3*8-10H,4-7H2,1-3H3;6*4H,1-3H3;12*1-2H3;7*1H4. The zero-order valence-electron chi connectivity index (χ0n) is 68.1. The maximum absolute atomic E-state index is 2.42. The van der Waals surface area contributed by atoms with Crippen molar-refractivity contribution in [3.8, 4) is 0 Å². The summed E-state index contributed by atoms with van der Waals surface area (Å²) in [5.74, 6) is 13.9. The second kappa shape index (κ2) is 178. The lowest BCUT2D eigenvalue weighted by molar-refractivity contribution is 0.343. The molecule has 0 amide bonds. The van der Waals surface area contributed by atoms with E-state index in [2.05, 4.69) is 187 Å². The Morgan fingerprint density at radius 3 is 0.318 bits per heavy atom. The van der Waals surface area contributed by atoms with Crippen molar-refractivity contribution in [2.24, 2.45) is 88.8 Å². The molecule has 0 aliphatic heterocycles. The largest absolute Gasteiger partial charge is 0.0776 e. The van der Waals surface area contributed by atoms with E-state index < -0.39 is 0 Å². The summed E-state index contributed by atoms with van der Waals surface area (Å²) in [6, 6.07) is 0. The van der Waals surface area contributed by atoms with Crippen LogP contribution in [0.4, 0.5) is 0 Å². The Labute approximate surface area is 568 Å². The van der Waals surface area contributed by atoms with Crippen LogP contribution in [0.2, 0.25) is 0 Å². The Bertz CT molecular complexity index is 522. The van der Waals surface area contributed by atoms with Crippen LogP contribution < -0.4 is 0 Å². The summed E-state index contributed by atoms with van der Waals surface area (Å²) < 4.78 is 0. The Morgan fingerprint density at radius 1 is 0.188 bits per heavy atom. The fraction of sp³-hybridized carbons (Fsp3) is 1.00. The fourth-order valence-corrected chi connectivity index (χ4v) is 6.53. The van der Waals surface area contributed by atoms with Crippen molar-refractivity contribution in [2.75, 3.05) is 0 Å². The summed E-state index contributed by atoms with van der Waals surface area (Å²) in [5, 5.41) is 0. The molecule has 3 fully saturated rings. The Morgan fingerprint density at radius 2 is 0.271 bits per heavy atom. The fourth-order valence-electron chi connectivity index (χ4n) is 6.53. The second-order valence-corrected chi connectivity index (χ2v) is 23.3. The molecule has 3 saturated carbocycles. The van der Waals surface area contributed by atoms with Crippen molar-refractivity contribution >= 4 is 0 Å². The molecule has 0 heterocycles. The third kappa shape index (κ3) is 320. The van der Waals surface area contributed by atoms with Crippen LogP contribution in [0, 0.1) is 88.8 Å². The lowest BCUT2D eigenvalue weighted by Gasteiger charge is -2.16. The molecule has 0 aromatic heterocycles. The van der Waals surface area contributed by atoms with Crippen LogP contribution >= 0.6 is 0 Å². The van der Waals surface area contributed by atoms with Gasteiger partial charge in [0.05, 0.1) is 0 Å². The zero-order valence-corrected chi connectivity index (χ0v) is 68.1. The molecular formula is C85H220. The third-order valence-corrected chi connectivity index (χ3v) is 8.44. The smallest absolute Gasteiger partial charge is 0.0386 e. The van der Waals surface area contributed by atoms with E-state index in [0.717, 1.165) is 88.8 Å². The van der Waals surface area contributed by atoms with Gasteiger partial charge in [-0.15, -0.1) is 0 Å². The predicted molar refractivity (Wildman–Crippen MR) is 444 cm³/mol. The molecule has 0 N–H and O–H groups in total. The Balaban J connectivity index is -0.0000000200. The summed E-state index contributed by atoms with van der Waals surface area (Å²) in [6.07, 6.45) is 17.8. The maximum Gasteiger partial charge on any atom is -0.0386 e. The average Bonchev–Trinajstić information content (AvgIpc) is 4.12. The molecule has 0 heteroatoms. The molecule has 3 aliphatic rings. The van der Waals surface area contributed by atoms with Gasteiger partial charge in [-0.2, -0.15) is 0 Å². The highest BCUT2D eigenvalue weighted by atomic mass is 14.3. The van der Waals surface area contributed by atoms with Gasteiger partial charge in [-0.1, -0.05) is 463 Å². The molecule has 0 aromatic carbocycles. The van der Waals surface area contributed by atoms with Crippen LogP contribution in [0.1, 0.15) is 482 Å². The third-order valence-electron chi connectivity index (χ3n) is 8.44. The first-order valence-corrected chi connectivity index (χ1v) is 36.5. The highest BCUT2D eigenvalue weighted by Crippen LogP contribution is 2.37. The topological polar surface area (TPSA) is 0 Å². The average molecular weight is 1240 g/mol. The van der Waals surface area contributed by atoms with Gasteiger partial charge in [0.25, 0.3) is 0 Å². The summed E-state index contributed by atoms with van der Waals surface area (Å²) in [7, 11) is 0. The van der Waals surface area contributed by atoms with Crippen LogP contribution in [-0.2, 0) is 0 Å². The van der Waals surface area contributed by atoms with Crippen molar-refractivity contribution in [1.82, 2.24) is 0 Å². The van der Waals surface area contributed by atoms with Gasteiger partial charge in [-0.05, 0) is 108 Å². The summed E-state index contributed by atoms with van der Waals surface area (Å²) >= 11 is 0.